The van der Waals surface area contributed by atoms with Gasteiger partial charge in [-0.15, -0.1) is 0 Å². The zero-order chi connectivity index (χ0) is 16.7. The Morgan fingerprint density at radius 2 is 2.09 bits per heavy atom. The molecule has 5 heteroatoms. The lowest BCUT2D eigenvalue weighted by Crippen LogP contribution is -2.42. The number of carbonyl (C=O) groups is 1. The third kappa shape index (κ3) is 4.60. The first-order valence-corrected chi connectivity index (χ1v) is 7.85. The van der Waals surface area contributed by atoms with Crippen LogP contribution in [0.25, 0.3) is 0 Å². The van der Waals surface area contributed by atoms with Crippen LogP contribution in [0.4, 0.5) is 0 Å². The van der Waals surface area contributed by atoms with Gasteiger partial charge in [-0.1, -0.05) is 19.1 Å². The fourth-order valence-electron chi connectivity index (χ4n) is 2.51. The lowest BCUT2D eigenvalue weighted by molar-refractivity contribution is -0.134. The first-order chi connectivity index (χ1) is 11.2. The van der Waals surface area contributed by atoms with E-state index in [0.717, 1.165) is 16.8 Å². The Balaban J connectivity index is 2.19. The van der Waals surface area contributed by atoms with E-state index < -0.39 is 0 Å². The Kier molecular flexibility index (Phi) is 6.23. The minimum Gasteiger partial charge on any atom is -0.394 e. The molecule has 0 fully saturated rings. The van der Waals surface area contributed by atoms with Crippen LogP contribution >= 0.6 is 0 Å². The summed E-state index contributed by atoms with van der Waals surface area (Å²) in [5.74, 6) is -0.0310. The van der Waals surface area contributed by atoms with E-state index in [2.05, 4.69) is 9.97 Å². The van der Waals surface area contributed by atoms with Crippen molar-refractivity contribution in [1.29, 1.82) is 0 Å². The number of carbonyl (C=O) groups excluding carboxylic acids is 1. The minimum atomic E-state index is -0.202. The molecule has 2 rings (SSSR count). The maximum atomic E-state index is 12.8. The third-order valence-electron chi connectivity index (χ3n) is 3.96. The number of hydrogen-bond acceptors (Lipinski definition) is 4. The molecular formula is C18H23N3O2. The SMILES string of the molecule is CC[C@@H](CO)N(Cc1cccnc1)C(=O)Cc1ncccc1C. The van der Waals surface area contributed by atoms with Gasteiger partial charge in [0.25, 0.3) is 0 Å². The van der Waals surface area contributed by atoms with Crippen molar-refractivity contribution in [3.8, 4) is 0 Å². The van der Waals surface area contributed by atoms with E-state index in [1.807, 2.05) is 38.1 Å². The topological polar surface area (TPSA) is 66.3 Å². The number of hydrogen-bond donors (Lipinski definition) is 1. The summed E-state index contributed by atoms with van der Waals surface area (Å²) in [6.45, 7) is 4.31. The van der Waals surface area contributed by atoms with Gasteiger partial charge in [0.1, 0.15) is 0 Å². The van der Waals surface area contributed by atoms with E-state index in [9.17, 15) is 9.90 Å². The molecule has 1 amide bonds. The van der Waals surface area contributed by atoms with Crippen LogP contribution in [0.2, 0.25) is 0 Å². The molecule has 1 N–H and O–H groups in total. The summed E-state index contributed by atoms with van der Waals surface area (Å²) in [6.07, 6.45) is 6.09. The lowest BCUT2D eigenvalue weighted by Gasteiger charge is -2.30. The van der Waals surface area contributed by atoms with Crippen molar-refractivity contribution in [2.75, 3.05) is 6.61 Å². The molecule has 0 aliphatic heterocycles. The molecule has 0 unspecified atom stereocenters. The Morgan fingerprint density at radius 3 is 2.70 bits per heavy atom. The number of aryl methyl sites for hydroxylation is 1. The average molecular weight is 313 g/mol. The smallest absolute Gasteiger partial charge is 0.229 e. The Bertz CT molecular complexity index is 627. The van der Waals surface area contributed by atoms with Gasteiger partial charge in [-0.2, -0.15) is 0 Å². The summed E-state index contributed by atoms with van der Waals surface area (Å²) in [7, 11) is 0. The number of aromatic nitrogens is 2. The molecular weight excluding hydrogens is 290 g/mol. The van der Waals surface area contributed by atoms with E-state index in [4.69, 9.17) is 0 Å². The van der Waals surface area contributed by atoms with E-state index >= 15 is 0 Å². The van der Waals surface area contributed by atoms with Crippen LogP contribution in [-0.4, -0.2) is 38.5 Å². The summed E-state index contributed by atoms with van der Waals surface area (Å²) in [6, 6.07) is 7.39. The number of aliphatic hydroxyl groups is 1. The Morgan fingerprint density at radius 1 is 1.30 bits per heavy atom. The second-order valence-electron chi connectivity index (χ2n) is 5.57. The van der Waals surface area contributed by atoms with Crippen molar-refractivity contribution in [3.63, 3.8) is 0 Å². The minimum absolute atomic E-state index is 0.0310. The molecule has 122 valence electrons. The largest absolute Gasteiger partial charge is 0.394 e. The Labute approximate surface area is 137 Å². The second kappa shape index (κ2) is 8.39. The van der Waals surface area contributed by atoms with Crippen molar-refractivity contribution >= 4 is 5.91 Å². The molecule has 0 spiro atoms. The fraction of sp³-hybridized carbons (Fsp3) is 0.389. The van der Waals surface area contributed by atoms with Crippen molar-refractivity contribution in [1.82, 2.24) is 14.9 Å². The molecule has 0 aliphatic carbocycles. The standard InChI is InChI=1S/C18H23N3O2/c1-3-16(13-22)21(12-15-7-5-8-19-11-15)18(23)10-17-14(2)6-4-9-20-17/h4-9,11,16,22H,3,10,12-13H2,1-2H3/t16-/m0/s1. The quantitative estimate of drug-likeness (QED) is 0.850. The molecule has 2 aromatic rings. The monoisotopic (exact) mass is 313 g/mol. The van der Waals surface area contributed by atoms with Gasteiger partial charge in [-0.25, -0.2) is 0 Å². The van der Waals surface area contributed by atoms with Crippen LogP contribution in [0.3, 0.4) is 0 Å². The highest BCUT2D eigenvalue weighted by molar-refractivity contribution is 5.79. The molecule has 2 aromatic heterocycles. The molecule has 1 atom stereocenters. The zero-order valence-corrected chi connectivity index (χ0v) is 13.6. The first kappa shape index (κ1) is 17.1. The molecule has 0 saturated carbocycles. The predicted molar refractivity (Wildman–Crippen MR) is 88.6 cm³/mol. The number of amides is 1. The number of nitrogens with zero attached hydrogens (tertiary/aromatic N) is 3. The average Bonchev–Trinajstić information content (AvgIpc) is 2.58. The number of rotatable bonds is 7. The molecule has 0 aliphatic rings. The van der Waals surface area contributed by atoms with Crippen LogP contribution in [0.15, 0.2) is 42.9 Å². The van der Waals surface area contributed by atoms with Gasteiger partial charge in [0.15, 0.2) is 0 Å². The van der Waals surface area contributed by atoms with Crippen LogP contribution in [0.1, 0.15) is 30.2 Å². The first-order valence-electron chi connectivity index (χ1n) is 7.85. The summed E-state index contributed by atoms with van der Waals surface area (Å²) in [4.78, 5) is 22.9. The highest BCUT2D eigenvalue weighted by atomic mass is 16.3. The summed E-state index contributed by atoms with van der Waals surface area (Å²) < 4.78 is 0. The van der Waals surface area contributed by atoms with Gasteiger partial charge in [-0.05, 0) is 36.6 Å². The van der Waals surface area contributed by atoms with Gasteiger partial charge >= 0.3 is 0 Å². The molecule has 2 heterocycles. The zero-order valence-electron chi connectivity index (χ0n) is 13.6. The maximum absolute atomic E-state index is 12.8. The lowest BCUT2D eigenvalue weighted by atomic mass is 10.1. The van der Waals surface area contributed by atoms with Gasteiger partial charge in [0.05, 0.1) is 24.8 Å². The molecule has 5 nitrogen and oxygen atoms in total. The molecule has 0 aromatic carbocycles. The van der Waals surface area contributed by atoms with Gasteiger partial charge in [0, 0.05) is 25.1 Å². The van der Waals surface area contributed by atoms with Crippen LogP contribution in [-0.2, 0) is 17.8 Å². The summed E-state index contributed by atoms with van der Waals surface area (Å²) in [5.41, 5.74) is 2.73. The Hall–Kier alpha value is -2.27. The fourth-order valence-corrected chi connectivity index (χ4v) is 2.51. The second-order valence-corrected chi connectivity index (χ2v) is 5.57. The van der Waals surface area contributed by atoms with Crippen molar-refractivity contribution in [2.24, 2.45) is 0 Å². The van der Waals surface area contributed by atoms with Gasteiger partial charge in [-0.3, -0.25) is 14.8 Å². The summed E-state index contributed by atoms with van der Waals surface area (Å²) in [5, 5.41) is 9.62. The normalized spacial score (nSPS) is 12.0. The molecule has 23 heavy (non-hydrogen) atoms. The predicted octanol–water partition coefficient (Wildman–Crippen LogP) is 2.13. The van der Waals surface area contributed by atoms with Crippen molar-refractivity contribution in [3.05, 3.63) is 59.7 Å². The molecule has 0 saturated heterocycles. The van der Waals surface area contributed by atoms with E-state index in [0.29, 0.717) is 13.0 Å². The van der Waals surface area contributed by atoms with Crippen LogP contribution < -0.4 is 0 Å². The molecule has 0 radical (unpaired) electrons. The third-order valence-corrected chi connectivity index (χ3v) is 3.96. The van der Waals surface area contributed by atoms with E-state index in [1.54, 1.807) is 23.5 Å². The summed E-state index contributed by atoms with van der Waals surface area (Å²) >= 11 is 0. The van der Waals surface area contributed by atoms with Crippen molar-refractivity contribution < 1.29 is 9.90 Å². The number of aliphatic hydroxyl groups excluding tert-OH is 1. The maximum Gasteiger partial charge on any atom is 0.229 e. The van der Waals surface area contributed by atoms with E-state index in [-0.39, 0.29) is 25.0 Å². The molecule has 0 bridgehead atoms. The highest BCUT2D eigenvalue weighted by Gasteiger charge is 2.23. The van der Waals surface area contributed by atoms with Crippen LogP contribution in [0.5, 0.6) is 0 Å². The van der Waals surface area contributed by atoms with E-state index in [1.165, 1.54) is 0 Å². The highest BCUT2D eigenvalue weighted by Crippen LogP contribution is 2.14. The van der Waals surface area contributed by atoms with Crippen LogP contribution in [0, 0.1) is 6.92 Å². The number of pyridine rings is 2. The van der Waals surface area contributed by atoms with Gasteiger partial charge in [0.2, 0.25) is 5.91 Å². The van der Waals surface area contributed by atoms with Gasteiger partial charge < -0.3 is 10.0 Å². The van der Waals surface area contributed by atoms with Crippen molar-refractivity contribution in [2.45, 2.75) is 39.3 Å².